The lowest BCUT2D eigenvalue weighted by Crippen LogP contribution is -2.36. The topological polar surface area (TPSA) is 56.7 Å². The third-order valence-electron chi connectivity index (χ3n) is 3.72. The van der Waals surface area contributed by atoms with Crippen molar-refractivity contribution in [3.05, 3.63) is 64.5 Å². The van der Waals surface area contributed by atoms with E-state index in [0.717, 1.165) is 6.54 Å². The number of aliphatic imine (C=N–C) groups is 1. The number of phenols is 1. The van der Waals surface area contributed by atoms with Gasteiger partial charge in [0.2, 0.25) is 0 Å². The van der Waals surface area contributed by atoms with Gasteiger partial charge >= 0.3 is 0 Å². The Bertz CT molecular complexity index is 735. The van der Waals surface area contributed by atoms with Crippen molar-refractivity contribution >= 4 is 29.9 Å². The first-order valence-corrected chi connectivity index (χ1v) is 8.05. The minimum absolute atomic E-state index is 0. The van der Waals surface area contributed by atoms with Gasteiger partial charge in [0.05, 0.1) is 6.54 Å². The number of benzene rings is 2. The first-order valence-electron chi connectivity index (χ1n) is 8.05. The highest BCUT2D eigenvalue weighted by Crippen LogP contribution is 2.16. The van der Waals surface area contributed by atoms with Gasteiger partial charge in [0.1, 0.15) is 0 Å². The quantitative estimate of drug-likeness (QED) is 0.361. The van der Waals surface area contributed by atoms with Gasteiger partial charge in [-0.3, -0.25) is 0 Å². The smallest absolute Gasteiger partial charge is 0.191 e. The van der Waals surface area contributed by atoms with E-state index in [1.54, 1.807) is 6.07 Å². The van der Waals surface area contributed by atoms with E-state index in [1.165, 1.54) is 28.8 Å². The SMILES string of the molecule is CCNC(=NCc1ccc(O)c(F)c1)NCc1ccc(C)cc1C.I. The molecular formula is C19H25FIN3O. The fourth-order valence-corrected chi connectivity index (χ4v) is 2.38. The lowest BCUT2D eigenvalue weighted by atomic mass is 10.1. The Morgan fingerprint density at radius 3 is 2.52 bits per heavy atom. The molecule has 0 amide bonds. The predicted molar refractivity (Wildman–Crippen MR) is 111 cm³/mol. The monoisotopic (exact) mass is 457 g/mol. The molecule has 136 valence electrons. The average Bonchev–Trinajstić information content (AvgIpc) is 2.54. The summed E-state index contributed by atoms with van der Waals surface area (Å²) in [6.45, 7) is 7.90. The Morgan fingerprint density at radius 1 is 1.12 bits per heavy atom. The molecule has 0 heterocycles. The van der Waals surface area contributed by atoms with Crippen molar-refractivity contribution < 1.29 is 9.50 Å². The van der Waals surface area contributed by atoms with Crippen LogP contribution in [0.5, 0.6) is 5.75 Å². The standard InChI is InChI=1S/C19H24FN3O.HI/c1-4-21-19(22-11-15-6-8-18(24)17(20)10-15)23-12-16-7-5-13(2)9-14(16)3;/h5-10,24H,4,11-12H2,1-3H3,(H2,21,22,23);1H. The summed E-state index contributed by atoms with van der Waals surface area (Å²) in [5.74, 6) is -0.301. The number of guanidine groups is 1. The molecule has 0 aromatic heterocycles. The van der Waals surface area contributed by atoms with Gasteiger partial charge in [-0.05, 0) is 49.6 Å². The molecule has 6 heteroatoms. The highest BCUT2D eigenvalue weighted by Gasteiger charge is 2.04. The minimum atomic E-state index is -0.629. The summed E-state index contributed by atoms with van der Waals surface area (Å²) >= 11 is 0. The van der Waals surface area contributed by atoms with E-state index < -0.39 is 5.82 Å². The summed E-state index contributed by atoms with van der Waals surface area (Å²) in [5.41, 5.74) is 4.39. The second-order valence-corrected chi connectivity index (χ2v) is 5.76. The Hall–Kier alpha value is -1.83. The molecule has 0 spiro atoms. The number of aryl methyl sites for hydroxylation is 2. The van der Waals surface area contributed by atoms with E-state index in [9.17, 15) is 9.50 Å². The van der Waals surface area contributed by atoms with Crippen molar-refractivity contribution in [3.8, 4) is 5.75 Å². The van der Waals surface area contributed by atoms with Crippen LogP contribution in [0.25, 0.3) is 0 Å². The van der Waals surface area contributed by atoms with E-state index in [4.69, 9.17) is 0 Å². The molecule has 0 fully saturated rings. The van der Waals surface area contributed by atoms with Gasteiger partial charge in [-0.1, -0.05) is 29.8 Å². The molecule has 2 rings (SSSR count). The Labute approximate surface area is 165 Å². The number of nitrogens with zero attached hydrogens (tertiary/aromatic N) is 1. The highest BCUT2D eigenvalue weighted by atomic mass is 127. The third-order valence-corrected chi connectivity index (χ3v) is 3.72. The molecule has 0 saturated heterocycles. The third kappa shape index (κ3) is 6.53. The maximum absolute atomic E-state index is 13.4. The first kappa shape index (κ1) is 21.2. The van der Waals surface area contributed by atoms with Crippen LogP contribution in [-0.2, 0) is 13.1 Å². The van der Waals surface area contributed by atoms with Crippen LogP contribution in [-0.4, -0.2) is 17.6 Å². The molecule has 0 saturated carbocycles. The molecule has 4 nitrogen and oxygen atoms in total. The number of phenolic OH excluding ortho intramolecular Hbond substituents is 1. The summed E-state index contributed by atoms with van der Waals surface area (Å²) in [4.78, 5) is 4.46. The Kier molecular flexibility index (Phi) is 8.68. The molecule has 0 radical (unpaired) electrons. The lowest BCUT2D eigenvalue weighted by Gasteiger charge is -2.13. The molecule has 0 unspecified atom stereocenters. The average molecular weight is 457 g/mol. The van der Waals surface area contributed by atoms with E-state index >= 15 is 0 Å². The van der Waals surface area contributed by atoms with Crippen LogP contribution in [0.15, 0.2) is 41.4 Å². The summed E-state index contributed by atoms with van der Waals surface area (Å²) in [6, 6.07) is 10.7. The highest BCUT2D eigenvalue weighted by molar-refractivity contribution is 14.0. The van der Waals surface area contributed by atoms with E-state index in [2.05, 4.69) is 47.7 Å². The summed E-state index contributed by atoms with van der Waals surface area (Å²) in [5, 5.41) is 15.7. The van der Waals surface area contributed by atoms with E-state index in [1.807, 2.05) is 6.92 Å². The van der Waals surface area contributed by atoms with Gasteiger partial charge < -0.3 is 15.7 Å². The van der Waals surface area contributed by atoms with Crippen LogP contribution >= 0.6 is 24.0 Å². The zero-order valence-electron chi connectivity index (χ0n) is 14.8. The molecule has 0 bridgehead atoms. The largest absolute Gasteiger partial charge is 0.505 e. The summed E-state index contributed by atoms with van der Waals surface area (Å²) < 4.78 is 13.4. The number of hydrogen-bond acceptors (Lipinski definition) is 2. The maximum Gasteiger partial charge on any atom is 0.191 e. The second-order valence-electron chi connectivity index (χ2n) is 5.76. The number of rotatable bonds is 5. The van der Waals surface area contributed by atoms with Gasteiger partial charge in [0.15, 0.2) is 17.5 Å². The van der Waals surface area contributed by atoms with Crippen molar-refractivity contribution in [3.63, 3.8) is 0 Å². The van der Waals surface area contributed by atoms with Gasteiger partial charge in [0.25, 0.3) is 0 Å². The predicted octanol–water partition coefficient (Wildman–Crippen LogP) is 4.02. The maximum atomic E-state index is 13.4. The number of aromatic hydroxyl groups is 1. The van der Waals surface area contributed by atoms with Gasteiger partial charge in [-0.25, -0.2) is 9.38 Å². The van der Waals surface area contributed by atoms with Crippen molar-refractivity contribution in [2.24, 2.45) is 4.99 Å². The van der Waals surface area contributed by atoms with Crippen molar-refractivity contribution in [2.45, 2.75) is 33.9 Å². The molecule has 0 atom stereocenters. The minimum Gasteiger partial charge on any atom is -0.505 e. The number of halogens is 2. The zero-order chi connectivity index (χ0) is 17.5. The van der Waals surface area contributed by atoms with Crippen LogP contribution < -0.4 is 10.6 Å². The van der Waals surface area contributed by atoms with E-state index in [-0.39, 0.29) is 29.7 Å². The molecule has 25 heavy (non-hydrogen) atoms. The fourth-order valence-electron chi connectivity index (χ4n) is 2.38. The summed E-state index contributed by atoms with van der Waals surface area (Å²) in [7, 11) is 0. The van der Waals surface area contributed by atoms with Crippen LogP contribution in [0.3, 0.4) is 0 Å². The molecule has 2 aromatic carbocycles. The van der Waals surface area contributed by atoms with Crippen molar-refractivity contribution in [2.75, 3.05) is 6.54 Å². The van der Waals surface area contributed by atoms with Crippen LogP contribution in [0.2, 0.25) is 0 Å². The van der Waals surface area contributed by atoms with Crippen LogP contribution in [0.4, 0.5) is 4.39 Å². The van der Waals surface area contributed by atoms with Crippen molar-refractivity contribution in [1.29, 1.82) is 0 Å². The molecular weight excluding hydrogens is 432 g/mol. The lowest BCUT2D eigenvalue weighted by molar-refractivity contribution is 0.432. The molecule has 0 aliphatic heterocycles. The zero-order valence-corrected chi connectivity index (χ0v) is 17.1. The number of nitrogens with one attached hydrogen (secondary N) is 2. The normalized spacial score (nSPS) is 11.0. The fraction of sp³-hybridized carbons (Fsp3) is 0.316. The Morgan fingerprint density at radius 2 is 1.88 bits per heavy atom. The van der Waals surface area contributed by atoms with Crippen molar-refractivity contribution in [1.82, 2.24) is 10.6 Å². The first-order chi connectivity index (χ1) is 11.5. The van der Waals surface area contributed by atoms with Gasteiger partial charge in [-0.15, -0.1) is 24.0 Å². The number of hydrogen-bond donors (Lipinski definition) is 3. The van der Waals surface area contributed by atoms with E-state index in [0.29, 0.717) is 24.6 Å². The summed E-state index contributed by atoms with van der Waals surface area (Å²) in [6.07, 6.45) is 0. The van der Waals surface area contributed by atoms with Crippen LogP contribution in [0.1, 0.15) is 29.2 Å². The Balaban J connectivity index is 0.00000312. The van der Waals surface area contributed by atoms with Crippen LogP contribution in [0, 0.1) is 19.7 Å². The molecule has 2 aromatic rings. The molecule has 0 aliphatic carbocycles. The van der Waals surface area contributed by atoms with Gasteiger partial charge in [0, 0.05) is 13.1 Å². The molecule has 3 N–H and O–H groups in total. The van der Waals surface area contributed by atoms with Gasteiger partial charge in [-0.2, -0.15) is 0 Å². The second kappa shape index (κ2) is 10.2. The molecule has 0 aliphatic rings.